The summed E-state index contributed by atoms with van der Waals surface area (Å²) in [6.45, 7) is 5.41. The predicted octanol–water partition coefficient (Wildman–Crippen LogP) is 0.729. The molecule has 0 fully saturated rings. The van der Waals surface area contributed by atoms with Crippen LogP contribution in [0, 0.1) is 5.92 Å². The Bertz CT molecular complexity index is 239. The predicted molar refractivity (Wildman–Crippen MR) is 61.9 cm³/mol. The maximum absolute atomic E-state index is 11.4. The van der Waals surface area contributed by atoms with Gasteiger partial charge in [0.15, 0.2) is 0 Å². The first kappa shape index (κ1) is 14.9. The van der Waals surface area contributed by atoms with Gasteiger partial charge in [-0.15, -0.1) is 0 Å². The quantitative estimate of drug-likeness (QED) is 0.601. The van der Waals surface area contributed by atoms with E-state index < -0.39 is 12.0 Å². The average molecular weight is 230 g/mol. The summed E-state index contributed by atoms with van der Waals surface area (Å²) in [7, 11) is 0. The summed E-state index contributed by atoms with van der Waals surface area (Å²) in [6.07, 6.45) is 1.79. The van der Waals surface area contributed by atoms with E-state index in [0.717, 1.165) is 6.42 Å². The molecule has 1 unspecified atom stereocenters. The summed E-state index contributed by atoms with van der Waals surface area (Å²) in [6, 6.07) is -0.726. The van der Waals surface area contributed by atoms with Gasteiger partial charge >= 0.3 is 5.97 Å². The fourth-order valence-corrected chi connectivity index (χ4v) is 1.34. The van der Waals surface area contributed by atoms with Gasteiger partial charge in [-0.3, -0.25) is 4.79 Å². The van der Waals surface area contributed by atoms with Gasteiger partial charge in [-0.2, -0.15) is 0 Å². The molecule has 0 rings (SSSR count). The van der Waals surface area contributed by atoms with Crippen molar-refractivity contribution in [1.29, 1.82) is 0 Å². The second kappa shape index (κ2) is 7.22. The molecule has 4 N–H and O–H groups in total. The fourth-order valence-electron chi connectivity index (χ4n) is 1.34. The maximum atomic E-state index is 11.4. The van der Waals surface area contributed by atoms with Crippen LogP contribution in [0.4, 0.5) is 0 Å². The van der Waals surface area contributed by atoms with Gasteiger partial charge in [-0.1, -0.05) is 13.8 Å². The number of hydrogen-bond acceptors (Lipinski definition) is 3. The molecule has 2 atom stereocenters. The smallest absolute Gasteiger partial charge is 0.326 e. The van der Waals surface area contributed by atoms with Crippen molar-refractivity contribution in [2.24, 2.45) is 11.7 Å². The number of carbonyl (C=O) groups is 2. The average Bonchev–Trinajstić information content (AvgIpc) is 2.12. The number of aliphatic carboxylic acids is 1. The van der Waals surface area contributed by atoms with Crippen LogP contribution in [0.5, 0.6) is 0 Å². The second-order valence-corrected chi connectivity index (χ2v) is 4.50. The lowest BCUT2D eigenvalue weighted by Gasteiger charge is -2.17. The van der Waals surface area contributed by atoms with Gasteiger partial charge in [0.2, 0.25) is 5.91 Å². The Morgan fingerprint density at radius 2 is 1.88 bits per heavy atom. The molecule has 0 aliphatic heterocycles. The zero-order chi connectivity index (χ0) is 12.7. The van der Waals surface area contributed by atoms with E-state index in [9.17, 15) is 9.59 Å². The zero-order valence-electron chi connectivity index (χ0n) is 10.2. The number of hydrogen-bond donors (Lipinski definition) is 3. The first-order chi connectivity index (χ1) is 7.34. The molecule has 5 heteroatoms. The number of amides is 1. The van der Waals surface area contributed by atoms with Gasteiger partial charge in [0.1, 0.15) is 6.04 Å². The molecule has 5 nitrogen and oxygen atoms in total. The van der Waals surface area contributed by atoms with Gasteiger partial charge in [0.25, 0.3) is 0 Å². The van der Waals surface area contributed by atoms with Gasteiger partial charge in [-0.05, 0) is 25.7 Å². The minimum atomic E-state index is -0.990. The van der Waals surface area contributed by atoms with Crippen LogP contribution in [0.25, 0.3) is 0 Å². The van der Waals surface area contributed by atoms with Crippen LogP contribution in [-0.2, 0) is 9.59 Å². The summed E-state index contributed by atoms with van der Waals surface area (Å²) in [5.41, 5.74) is 5.55. The second-order valence-electron chi connectivity index (χ2n) is 4.50. The molecule has 0 bridgehead atoms. The van der Waals surface area contributed by atoms with E-state index in [1.165, 1.54) is 0 Å². The maximum Gasteiger partial charge on any atom is 0.326 e. The van der Waals surface area contributed by atoms with Crippen molar-refractivity contribution < 1.29 is 14.7 Å². The lowest BCUT2D eigenvalue weighted by Crippen LogP contribution is -2.44. The summed E-state index contributed by atoms with van der Waals surface area (Å²) < 4.78 is 0. The van der Waals surface area contributed by atoms with Crippen molar-refractivity contribution in [3.63, 3.8) is 0 Å². The summed E-state index contributed by atoms with van der Waals surface area (Å²) in [4.78, 5) is 22.3. The highest BCUT2D eigenvalue weighted by Crippen LogP contribution is 2.04. The number of nitrogens with two attached hydrogens (primary N) is 1. The number of nitrogens with one attached hydrogen (secondary N) is 1. The molecule has 0 aromatic carbocycles. The van der Waals surface area contributed by atoms with Crippen LogP contribution in [0.2, 0.25) is 0 Å². The third kappa shape index (κ3) is 6.40. The summed E-state index contributed by atoms with van der Waals surface area (Å²) in [5.74, 6) is -1.33. The van der Waals surface area contributed by atoms with Crippen LogP contribution < -0.4 is 11.1 Å². The largest absolute Gasteiger partial charge is 0.480 e. The Balaban J connectivity index is 3.97. The van der Waals surface area contributed by atoms with E-state index in [2.05, 4.69) is 5.32 Å². The van der Waals surface area contributed by atoms with Crippen molar-refractivity contribution >= 4 is 11.9 Å². The third-order valence-electron chi connectivity index (χ3n) is 2.31. The molecule has 16 heavy (non-hydrogen) atoms. The fraction of sp³-hybridized carbons (Fsp3) is 0.818. The molecule has 0 heterocycles. The topological polar surface area (TPSA) is 92.4 Å². The van der Waals surface area contributed by atoms with Crippen LogP contribution in [0.1, 0.15) is 40.0 Å². The standard InChI is InChI=1S/C11H22N2O3/c1-7(2)10(11(15)16)13-9(14)6-4-5-8(3)12/h7-8,10H,4-6,12H2,1-3H3,(H,13,14)(H,15,16)/t8?,10-/m0/s1. The number of carbonyl (C=O) groups excluding carboxylic acids is 1. The summed E-state index contributed by atoms with van der Waals surface area (Å²) >= 11 is 0. The van der Waals surface area contributed by atoms with E-state index >= 15 is 0 Å². The van der Waals surface area contributed by atoms with Crippen LogP contribution in [0.3, 0.4) is 0 Å². The van der Waals surface area contributed by atoms with E-state index in [0.29, 0.717) is 12.8 Å². The van der Waals surface area contributed by atoms with Crippen LogP contribution in [-0.4, -0.2) is 29.1 Å². The molecule has 94 valence electrons. The first-order valence-corrected chi connectivity index (χ1v) is 5.62. The van der Waals surface area contributed by atoms with Gasteiger partial charge in [0.05, 0.1) is 0 Å². The Labute approximate surface area is 96.4 Å². The van der Waals surface area contributed by atoms with Crippen LogP contribution in [0.15, 0.2) is 0 Å². The highest BCUT2D eigenvalue weighted by molar-refractivity contribution is 5.83. The highest BCUT2D eigenvalue weighted by Gasteiger charge is 2.22. The van der Waals surface area contributed by atoms with Crippen molar-refractivity contribution in [3.8, 4) is 0 Å². The normalized spacial score (nSPS) is 14.6. The van der Waals surface area contributed by atoms with E-state index in [4.69, 9.17) is 10.8 Å². The first-order valence-electron chi connectivity index (χ1n) is 5.62. The lowest BCUT2D eigenvalue weighted by atomic mass is 10.0. The van der Waals surface area contributed by atoms with E-state index in [1.54, 1.807) is 13.8 Å². The molecule has 0 saturated heterocycles. The molecule has 0 aromatic rings. The van der Waals surface area contributed by atoms with Crippen molar-refractivity contribution in [1.82, 2.24) is 5.32 Å². The Kier molecular flexibility index (Phi) is 6.72. The van der Waals surface area contributed by atoms with Crippen molar-refractivity contribution in [3.05, 3.63) is 0 Å². The highest BCUT2D eigenvalue weighted by atomic mass is 16.4. The van der Waals surface area contributed by atoms with Gasteiger partial charge in [0, 0.05) is 12.5 Å². The monoisotopic (exact) mass is 230 g/mol. The molecule has 0 spiro atoms. The molecule has 0 aromatic heterocycles. The minimum absolute atomic E-state index is 0.0770. The lowest BCUT2D eigenvalue weighted by molar-refractivity contribution is -0.143. The van der Waals surface area contributed by atoms with Gasteiger partial charge < -0.3 is 16.2 Å². The van der Waals surface area contributed by atoms with Crippen molar-refractivity contribution in [2.75, 3.05) is 0 Å². The van der Waals surface area contributed by atoms with Crippen LogP contribution >= 0.6 is 0 Å². The Hall–Kier alpha value is -1.10. The molecule has 1 amide bonds. The van der Waals surface area contributed by atoms with E-state index in [-0.39, 0.29) is 17.9 Å². The molecule has 0 saturated carbocycles. The zero-order valence-corrected chi connectivity index (χ0v) is 10.2. The number of carboxylic acids is 1. The Morgan fingerprint density at radius 1 is 1.31 bits per heavy atom. The number of carboxylic acid groups (broad SMARTS) is 1. The summed E-state index contributed by atoms with van der Waals surface area (Å²) in [5, 5.41) is 11.4. The molecule has 0 radical (unpaired) electrons. The molecule has 0 aliphatic carbocycles. The molecular formula is C11H22N2O3. The van der Waals surface area contributed by atoms with Crippen molar-refractivity contribution in [2.45, 2.75) is 52.1 Å². The number of rotatable bonds is 7. The SMILES string of the molecule is CC(N)CCCC(=O)N[C@H](C(=O)O)C(C)C. The minimum Gasteiger partial charge on any atom is -0.480 e. The van der Waals surface area contributed by atoms with E-state index in [1.807, 2.05) is 6.92 Å². The third-order valence-corrected chi connectivity index (χ3v) is 2.31. The Morgan fingerprint density at radius 3 is 2.25 bits per heavy atom. The van der Waals surface area contributed by atoms with Gasteiger partial charge in [-0.25, -0.2) is 4.79 Å². The molecule has 0 aliphatic rings. The molecular weight excluding hydrogens is 208 g/mol.